The Morgan fingerprint density at radius 2 is 2.15 bits per heavy atom. The van der Waals surface area contributed by atoms with Gasteiger partial charge in [-0.25, -0.2) is 9.50 Å². The highest BCUT2D eigenvalue weighted by molar-refractivity contribution is 5.19. The molecule has 1 aromatic rings. The quantitative estimate of drug-likeness (QED) is 0.726. The summed E-state index contributed by atoms with van der Waals surface area (Å²) in [5.41, 5.74) is 0.140. The molecule has 0 aliphatic carbocycles. The van der Waals surface area contributed by atoms with Gasteiger partial charge in [-0.1, -0.05) is 12.1 Å². The summed E-state index contributed by atoms with van der Waals surface area (Å²) in [6, 6.07) is 5.07. The van der Waals surface area contributed by atoms with Crippen molar-refractivity contribution in [2.45, 2.75) is 12.2 Å². The second-order valence-corrected chi connectivity index (χ2v) is 2.73. The lowest BCUT2D eigenvalue weighted by atomic mass is 10.1. The first-order chi connectivity index (χ1) is 6.15. The van der Waals surface area contributed by atoms with E-state index in [1.54, 1.807) is 0 Å². The van der Waals surface area contributed by atoms with Crippen LogP contribution in [-0.2, 0) is 5.11 Å². The first-order valence-electron chi connectivity index (χ1n) is 3.85. The molecule has 2 unspecified atom stereocenters. The van der Waals surface area contributed by atoms with E-state index in [0.717, 1.165) is 6.07 Å². The predicted molar refractivity (Wildman–Crippen MR) is 42.9 cm³/mol. The van der Waals surface area contributed by atoms with Crippen LogP contribution in [0.2, 0.25) is 0 Å². The van der Waals surface area contributed by atoms with Crippen molar-refractivity contribution in [2.75, 3.05) is 6.61 Å². The lowest BCUT2D eigenvalue weighted by Gasteiger charge is -2.13. The van der Waals surface area contributed by atoms with E-state index in [2.05, 4.69) is 0 Å². The van der Waals surface area contributed by atoms with Crippen LogP contribution in [0.25, 0.3) is 0 Å². The molecule has 1 rings (SSSR count). The molecule has 0 amide bonds. The van der Waals surface area contributed by atoms with E-state index in [9.17, 15) is 9.50 Å². The summed E-state index contributed by atoms with van der Waals surface area (Å²) in [6.45, 7) is -0.620. The SMILES string of the molecule is [O]C(c1cccc(F)c1)C(O)CO. The van der Waals surface area contributed by atoms with E-state index in [4.69, 9.17) is 10.2 Å². The topological polar surface area (TPSA) is 60.4 Å². The van der Waals surface area contributed by atoms with Crippen LogP contribution >= 0.6 is 0 Å². The molecule has 2 N–H and O–H groups in total. The van der Waals surface area contributed by atoms with Crippen LogP contribution in [0, 0.1) is 5.82 Å². The van der Waals surface area contributed by atoms with Crippen LogP contribution in [0.15, 0.2) is 24.3 Å². The van der Waals surface area contributed by atoms with Gasteiger partial charge in [-0.3, -0.25) is 0 Å². The Morgan fingerprint density at radius 1 is 1.46 bits per heavy atom. The smallest absolute Gasteiger partial charge is 0.146 e. The van der Waals surface area contributed by atoms with Crippen molar-refractivity contribution >= 4 is 0 Å². The summed E-state index contributed by atoms with van der Waals surface area (Å²) in [4.78, 5) is 0. The summed E-state index contributed by atoms with van der Waals surface area (Å²) in [5, 5.41) is 28.7. The Labute approximate surface area is 75.1 Å². The third-order valence-electron chi connectivity index (χ3n) is 1.71. The van der Waals surface area contributed by atoms with Crippen molar-refractivity contribution in [3.63, 3.8) is 0 Å². The largest absolute Gasteiger partial charge is 0.394 e. The number of hydrogen-bond acceptors (Lipinski definition) is 2. The molecular formula is C9H10FO3. The molecule has 0 aliphatic rings. The average molecular weight is 185 g/mol. The fourth-order valence-electron chi connectivity index (χ4n) is 1.00. The normalized spacial score (nSPS) is 15.4. The van der Waals surface area contributed by atoms with E-state index < -0.39 is 24.6 Å². The van der Waals surface area contributed by atoms with Gasteiger partial charge >= 0.3 is 0 Å². The summed E-state index contributed by atoms with van der Waals surface area (Å²) in [6.07, 6.45) is -2.89. The van der Waals surface area contributed by atoms with Gasteiger partial charge in [0.2, 0.25) is 0 Å². The molecule has 0 saturated heterocycles. The van der Waals surface area contributed by atoms with Crippen molar-refractivity contribution in [3.05, 3.63) is 35.6 Å². The maximum absolute atomic E-state index is 12.6. The van der Waals surface area contributed by atoms with Gasteiger partial charge < -0.3 is 10.2 Å². The summed E-state index contributed by atoms with van der Waals surface area (Å²) in [5.74, 6) is -0.525. The maximum atomic E-state index is 12.6. The molecular weight excluding hydrogens is 175 g/mol. The summed E-state index contributed by atoms with van der Waals surface area (Å²) in [7, 11) is 0. The molecule has 0 spiro atoms. The van der Waals surface area contributed by atoms with Crippen LogP contribution in [0.1, 0.15) is 11.7 Å². The van der Waals surface area contributed by atoms with Crippen molar-refractivity contribution in [3.8, 4) is 0 Å². The molecule has 0 heterocycles. The van der Waals surface area contributed by atoms with E-state index in [0.29, 0.717) is 0 Å². The highest BCUT2D eigenvalue weighted by atomic mass is 19.1. The zero-order valence-electron chi connectivity index (χ0n) is 6.85. The van der Waals surface area contributed by atoms with Crippen LogP contribution < -0.4 is 0 Å². The molecule has 0 aromatic heterocycles. The second-order valence-electron chi connectivity index (χ2n) is 2.73. The number of rotatable bonds is 3. The van der Waals surface area contributed by atoms with Gasteiger partial charge in [0, 0.05) is 0 Å². The van der Waals surface area contributed by atoms with Gasteiger partial charge in [-0.2, -0.15) is 0 Å². The maximum Gasteiger partial charge on any atom is 0.146 e. The number of aliphatic hydroxyl groups excluding tert-OH is 2. The van der Waals surface area contributed by atoms with Crippen LogP contribution in [0.5, 0.6) is 0 Å². The van der Waals surface area contributed by atoms with Gasteiger partial charge in [0.25, 0.3) is 0 Å². The lowest BCUT2D eigenvalue weighted by molar-refractivity contribution is -0.0515. The van der Waals surface area contributed by atoms with Crippen LogP contribution in [0.4, 0.5) is 4.39 Å². The number of aliphatic hydroxyl groups is 2. The first-order valence-corrected chi connectivity index (χ1v) is 3.85. The first kappa shape index (κ1) is 10.1. The minimum absolute atomic E-state index is 0.140. The third kappa shape index (κ3) is 2.48. The molecule has 0 fully saturated rings. The van der Waals surface area contributed by atoms with Gasteiger partial charge in [0.1, 0.15) is 18.0 Å². The van der Waals surface area contributed by atoms with Crippen LogP contribution in [0.3, 0.4) is 0 Å². The van der Waals surface area contributed by atoms with Gasteiger partial charge in [0.15, 0.2) is 0 Å². The zero-order valence-corrected chi connectivity index (χ0v) is 6.85. The van der Waals surface area contributed by atoms with Crippen molar-refractivity contribution < 1.29 is 19.7 Å². The predicted octanol–water partition coefficient (Wildman–Crippen LogP) is 0.650. The molecule has 13 heavy (non-hydrogen) atoms. The third-order valence-corrected chi connectivity index (χ3v) is 1.71. The Morgan fingerprint density at radius 3 is 2.69 bits per heavy atom. The Bertz CT molecular complexity index is 277. The molecule has 0 aliphatic heterocycles. The van der Waals surface area contributed by atoms with Gasteiger partial charge in [0.05, 0.1) is 6.61 Å². The summed E-state index contributed by atoms with van der Waals surface area (Å²) < 4.78 is 12.6. The second kappa shape index (κ2) is 4.32. The van der Waals surface area contributed by atoms with Crippen molar-refractivity contribution in [2.24, 2.45) is 0 Å². The number of benzene rings is 1. The molecule has 0 saturated carbocycles. The molecule has 1 radical (unpaired) electrons. The minimum atomic E-state index is -1.50. The molecule has 1 aromatic carbocycles. The Kier molecular flexibility index (Phi) is 3.36. The molecule has 4 heteroatoms. The summed E-state index contributed by atoms with van der Waals surface area (Å²) >= 11 is 0. The van der Waals surface area contributed by atoms with E-state index >= 15 is 0 Å². The molecule has 2 atom stereocenters. The fraction of sp³-hybridized carbons (Fsp3) is 0.333. The van der Waals surface area contributed by atoms with Gasteiger partial charge in [-0.05, 0) is 17.7 Å². The van der Waals surface area contributed by atoms with Crippen LogP contribution in [-0.4, -0.2) is 22.9 Å². The number of halogens is 1. The van der Waals surface area contributed by atoms with E-state index in [1.807, 2.05) is 0 Å². The average Bonchev–Trinajstić information content (AvgIpc) is 2.15. The van der Waals surface area contributed by atoms with Crippen molar-refractivity contribution in [1.82, 2.24) is 0 Å². The Hall–Kier alpha value is -0.970. The molecule has 0 bridgehead atoms. The highest BCUT2D eigenvalue weighted by Gasteiger charge is 2.19. The number of hydrogen-bond donors (Lipinski definition) is 2. The fourth-order valence-corrected chi connectivity index (χ4v) is 1.00. The van der Waals surface area contributed by atoms with E-state index in [1.165, 1.54) is 18.2 Å². The minimum Gasteiger partial charge on any atom is -0.394 e. The Balaban J connectivity index is 2.82. The van der Waals surface area contributed by atoms with E-state index in [-0.39, 0.29) is 5.56 Å². The van der Waals surface area contributed by atoms with Gasteiger partial charge in [-0.15, -0.1) is 0 Å². The monoisotopic (exact) mass is 185 g/mol. The molecule has 3 nitrogen and oxygen atoms in total. The highest BCUT2D eigenvalue weighted by Crippen LogP contribution is 2.17. The standard InChI is InChI=1S/C9H10FO3/c10-7-3-1-2-6(4-7)9(13)8(12)5-11/h1-4,8-9,11-12H,5H2. The molecule has 71 valence electrons. The lowest BCUT2D eigenvalue weighted by Crippen LogP contribution is -2.21. The van der Waals surface area contributed by atoms with Crippen molar-refractivity contribution in [1.29, 1.82) is 0 Å². The zero-order chi connectivity index (χ0) is 9.84.